The van der Waals surface area contributed by atoms with E-state index in [1.807, 2.05) is 13.0 Å². The number of hydrogen-bond donors (Lipinski definition) is 1. The Bertz CT molecular complexity index is 355. The highest BCUT2D eigenvalue weighted by Crippen LogP contribution is 2.39. The average Bonchev–Trinajstić information content (AvgIpc) is 2.18. The fraction of sp³-hybridized carbons (Fsp3) is 0.455. The molecule has 4 heteroatoms. The van der Waals surface area contributed by atoms with Crippen molar-refractivity contribution >= 4 is 12.4 Å². The molecule has 2 rings (SSSR count). The second kappa shape index (κ2) is 4.73. The fourth-order valence-electron chi connectivity index (χ4n) is 1.79. The Morgan fingerprint density at radius 1 is 1.47 bits per heavy atom. The zero-order valence-corrected chi connectivity index (χ0v) is 9.76. The summed E-state index contributed by atoms with van der Waals surface area (Å²) in [5.41, 5.74) is 8.22. The molecule has 0 unspecified atom stereocenters. The molecule has 0 bridgehead atoms. The van der Waals surface area contributed by atoms with Crippen LogP contribution in [0.5, 0.6) is 11.5 Å². The van der Waals surface area contributed by atoms with Crippen molar-refractivity contribution in [1.82, 2.24) is 0 Å². The second-order valence-electron chi connectivity index (χ2n) is 3.63. The number of benzene rings is 1. The lowest BCUT2D eigenvalue weighted by molar-refractivity contribution is 0.252. The van der Waals surface area contributed by atoms with Crippen LogP contribution < -0.4 is 15.2 Å². The van der Waals surface area contributed by atoms with E-state index < -0.39 is 0 Å². The van der Waals surface area contributed by atoms with Crippen LogP contribution in [0.15, 0.2) is 12.1 Å². The summed E-state index contributed by atoms with van der Waals surface area (Å²) in [5, 5.41) is 0. The maximum absolute atomic E-state index is 6.00. The van der Waals surface area contributed by atoms with E-state index in [-0.39, 0.29) is 18.4 Å². The number of methoxy groups -OCH3 is 1. The van der Waals surface area contributed by atoms with Gasteiger partial charge in [-0.2, -0.15) is 0 Å². The highest BCUT2D eigenvalue weighted by Gasteiger charge is 2.21. The Labute approximate surface area is 96.0 Å². The van der Waals surface area contributed by atoms with Gasteiger partial charge in [-0.15, -0.1) is 12.4 Å². The van der Waals surface area contributed by atoms with Crippen molar-refractivity contribution in [2.24, 2.45) is 5.73 Å². The lowest BCUT2D eigenvalue weighted by Crippen LogP contribution is -2.21. The van der Waals surface area contributed by atoms with Crippen molar-refractivity contribution in [3.63, 3.8) is 0 Å². The molecular weight excluding hydrogens is 214 g/mol. The average molecular weight is 230 g/mol. The van der Waals surface area contributed by atoms with Gasteiger partial charge in [0.15, 0.2) is 11.5 Å². The number of halogens is 1. The second-order valence-corrected chi connectivity index (χ2v) is 3.63. The number of fused-ring (bicyclic) bond motifs is 1. The van der Waals surface area contributed by atoms with E-state index >= 15 is 0 Å². The van der Waals surface area contributed by atoms with E-state index in [0.717, 1.165) is 29.0 Å². The zero-order valence-electron chi connectivity index (χ0n) is 8.95. The summed E-state index contributed by atoms with van der Waals surface area (Å²) in [4.78, 5) is 0. The lowest BCUT2D eigenvalue weighted by Gasteiger charge is -2.25. The normalized spacial score (nSPS) is 18.5. The highest BCUT2D eigenvalue weighted by molar-refractivity contribution is 5.85. The van der Waals surface area contributed by atoms with E-state index in [1.165, 1.54) is 0 Å². The SMILES string of the molecule is COc1cc(C)cc2c1OCC[C@@H]2N.Cl. The lowest BCUT2D eigenvalue weighted by atomic mass is 9.99. The van der Waals surface area contributed by atoms with Crippen molar-refractivity contribution in [3.8, 4) is 11.5 Å². The summed E-state index contributed by atoms with van der Waals surface area (Å²) in [7, 11) is 1.65. The Kier molecular flexibility index (Phi) is 3.83. The topological polar surface area (TPSA) is 44.5 Å². The Hall–Kier alpha value is -0.930. The van der Waals surface area contributed by atoms with Gasteiger partial charge in [-0.1, -0.05) is 6.07 Å². The predicted molar refractivity (Wildman–Crippen MR) is 62.0 cm³/mol. The third kappa shape index (κ3) is 2.19. The summed E-state index contributed by atoms with van der Waals surface area (Å²) in [5.74, 6) is 1.60. The monoisotopic (exact) mass is 229 g/mol. The summed E-state index contributed by atoms with van der Waals surface area (Å²) in [6.45, 7) is 2.71. The maximum Gasteiger partial charge on any atom is 0.165 e. The van der Waals surface area contributed by atoms with Crippen molar-refractivity contribution in [2.45, 2.75) is 19.4 Å². The molecule has 2 N–H and O–H groups in total. The van der Waals surface area contributed by atoms with Crippen LogP contribution in [0.25, 0.3) is 0 Å². The minimum Gasteiger partial charge on any atom is -0.493 e. The molecule has 0 aromatic heterocycles. The molecule has 1 aromatic rings. The quantitative estimate of drug-likeness (QED) is 0.803. The zero-order chi connectivity index (χ0) is 10.1. The van der Waals surface area contributed by atoms with Crippen LogP contribution >= 0.6 is 12.4 Å². The van der Waals surface area contributed by atoms with Crippen LogP contribution in [0.3, 0.4) is 0 Å². The smallest absolute Gasteiger partial charge is 0.165 e. The summed E-state index contributed by atoms with van der Waals surface area (Å²) in [6, 6.07) is 4.12. The molecule has 0 amide bonds. The maximum atomic E-state index is 6.00. The van der Waals surface area contributed by atoms with Gasteiger partial charge in [0.25, 0.3) is 0 Å². The van der Waals surface area contributed by atoms with Gasteiger partial charge in [-0.25, -0.2) is 0 Å². The minimum atomic E-state index is 0. The molecule has 3 nitrogen and oxygen atoms in total. The van der Waals surface area contributed by atoms with Crippen molar-refractivity contribution in [3.05, 3.63) is 23.3 Å². The van der Waals surface area contributed by atoms with Crippen LogP contribution in [-0.4, -0.2) is 13.7 Å². The largest absolute Gasteiger partial charge is 0.493 e. The minimum absolute atomic E-state index is 0. The number of ether oxygens (including phenoxy) is 2. The van der Waals surface area contributed by atoms with Crippen molar-refractivity contribution < 1.29 is 9.47 Å². The first-order valence-corrected chi connectivity index (χ1v) is 4.79. The van der Waals surface area contributed by atoms with E-state index in [1.54, 1.807) is 7.11 Å². The molecule has 1 atom stereocenters. The molecular formula is C11H16ClNO2. The molecule has 1 aliphatic rings. The van der Waals surface area contributed by atoms with Gasteiger partial charge in [0.1, 0.15) is 0 Å². The molecule has 1 aromatic carbocycles. The van der Waals surface area contributed by atoms with Crippen LogP contribution in [0, 0.1) is 6.92 Å². The third-order valence-electron chi connectivity index (χ3n) is 2.52. The Morgan fingerprint density at radius 2 is 2.20 bits per heavy atom. The third-order valence-corrected chi connectivity index (χ3v) is 2.52. The molecule has 0 saturated heterocycles. The van der Waals surface area contributed by atoms with Crippen molar-refractivity contribution in [2.75, 3.05) is 13.7 Å². The molecule has 15 heavy (non-hydrogen) atoms. The summed E-state index contributed by atoms with van der Waals surface area (Å²) in [6.07, 6.45) is 0.875. The predicted octanol–water partition coefficient (Wildman–Crippen LogP) is 2.21. The molecule has 0 radical (unpaired) electrons. The van der Waals surface area contributed by atoms with Crippen LogP contribution in [0.4, 0.5) is 0 Å². The first-order chi connectivity index (χ1) is 6.72. The molecule has 0 aliphatic carbocycles. The van der Waals surface area contributed by atoms with E-state index in [9.17, 15) is 0 Å². The molecule has 1 heterocycles. The van der Waals surface area contributed by atoms with Gasteiger partial charge in [-0.05, 0) is 18.6 Å². The Morgan fingerprint density at radius 3 is 2.87 bits per heavy atom. The molecule has 1 aliphatic heterocycles. The van der Waals surface area contributed by atoms with E-state index in [0.29, 0.717) is 6.61 Å². The van der Waals surface area contributed by atoms with Gasteiger partial charge in [0, 0.05) is 18.0 Å². The van der Waals surface area contributed by atoms with Crippen LogP contribution in [0.1, 0.15) is 23.6 Å². The van der Waals surface area contributed by atoms with Gasteiger partial charge >= 0.3 is 0 Å². The van der Waals surface area contributed by atoms with Gasteiger partial charge in [0.05, 0.1) is 13.7 Å². The highest BCUT2D eigenvalue weighted by atomic mass is 35.5. The first-order valence-electron chi connectivity index (χ1n) is 4.79. The molecule has 84 valence electrons. The number of nitrogens with two attached hydrogens (primary N) is 1. The van der Waals surface area contributed by atoms with Gasteiger partial charge in [-0.3, -0.25) is 0 Å². The number of rotatable bonds is 1. The summed E-state index contributed by atoms with van der Waals surface area (Å²) < 4.78 is 10.8. The van der Waals surface area contributed by atoms with Gasteiger partial charge < -0.3 is 15.2 Å². The molecule has 0 spiro atoms. The van der Waals surface area contributed by atoms with E-state index in [2.05, 4.69) is 6.07 Å². The number of aryl methyl sites for hydroxylation is 1. The number of hydrogen-bond acceptors (Lipinski definition) is 3. The molecule has 0 fully saturated rings. The van der Waals surface area contributed by atoms with Crippen molar-refractivity contribution in [1.29, 1.82) is 0 Å². The van der Waals surface area contributed by atoms with Gasteiger partial charge in [0.2, 0.25) is 0 Å². The molecule has 0 saturated carbocycles. The van der Waals surface area contributed by atoms with E-state index in [4.69, 9.17) is 15.2 Å². The van der Waals surface area contributed by atoms with Crippen LogP contribution in [-0.2, 0) is 0 Å². The van der Waals surface area contributed by atoms with Crippen LogP contribution in [0.2, 0.25) is 0 Å². The first kappa shape index (κ1) is 12.1. The summed E-state index contributed by atoms with van der Waals surface area (Å²) >= 11 is 0. The Balaban J connectivity index is 0.00000112. The fourth-order valence-corrected chi connectivity index (χ4v) is 1.79. The standard InChI is InChI=1S/C11H15NO2.ClH/c1-7-5-8-9(12)3-4-14-11(8)10(6-7)13-2;/h5-6,9H,3-4,12H2,1-2H3;1H/t9-;/m0./s1.